The average Bonchev–Trinajstić information content (AvgIpc) is 2.77. The van der Waals surface area contributed by atoms with Gasteiger partial charge in [0, 0.05) is 25.9 Å². The van der Waals surface area contributed by atoms with Crippen LogP contribution in [0.5, 0.6) is 0 Å². The second-order valence-corrected chi connectivity index (χ2v) is 5.46. The van der Waals surface area contributed by atoms with E-state index in [4.69, 9.17) is 5.26 Å². The number of nitrogens with zero attached hydrogens (tertiary/aromatic N) is 2. The van der Waals surface area contributed by atoms with Crippen LogP contribution in [0.2, 0.25) is 0 Å². The van der Waals surface area contributed by atoms with Crippen LogP contribution < -0.4 is 5.32 Å². The molecule has 21 heavy (non-hydrogen) atoms. The van der Waals surface area contributed by atoms with Gasteiger partial charge < -0.3 is 10.2 Å². The third kappa shape index (κ3) is 4.06. The normalized spacial score (nSPS) is 17.6. The van der Waals surface area contributed by atoms with E-state index >= 15 is 0 Å². The fourth-order valence-electron chi connectivity index (χ4n) is 2.52. The van der Waals surface area contributed by atoms with E-state index < -0.39 is 0 Å². The molecular weight excluding hydrogens is 266 g/mol. The van der Waals surface area contributed by atoms with Crippen molar-refractivity contribution in [1.29, 1.82) is 5.26 Å². The molecule has 5 heteroatoms. The van der Waals surface area contributed by atoms with Crippen LogP contribution in [0.4, 0.5) is 5.69 Å². The van der Waals surface area contributed by atoms with Crippen molar-refractivity contribution < 1.29 is 9.59 Å². The van der Waals surface area contributed by atoms with E-state index in [9.17, 15) is 9.59 Å². The lowest BCUT2D eigenvalue weighted by atomic mass is 10.2. The summed E-state index contributed by atoms with van der Waals surface area (Å²) in [4.78, 5) is 25.3. The van der Waals surface area contributed by atoms with E-state index in [0.717, 1.165) is 6.54 Å². The van der Waals surface area contributed by atoms with Crippen LogP contribution in [-0.4, -0.2) is 29.8 Å². The molecular formula is C16H19N3O2. The van der Waals surface area contributed by atoms with Crippen molar-refractivity contribution in [3.63, 3.8) is 0 Å². The highest BCUT2D eigenvalue weighted by Crippen LogP contribution is 2.17. The van der Waals surface area contributed by atoms with Crippen molar-refractivity contribution in [3.05, 3.63) is 29.8 Å². The average molecular weight is 285 g/mol. The predicted octanol–water partition coefficient (Wildman–Crippen LogP) is 2.15. The largest absolute Gasteiger partial charge is 0.342 e. The number of anilines is 1. The summed E-state index contributed by atoms with van der Waals surface area (Å²) in [7, 11) is 0. The molecule has 1 aliphatic rings. The molecule has 0 spiro atoms. The molecule has 0 bridgehead atoms. The minimum atomic E-state index is -0.127. The first-order chi connectivity index (χ1) is 10.1. The highest BCUT2D eigenvalue weighted by molar-refractivity contribution is 5.92. The fourth-order valence-corrected chi connectivity index (χ4v) is 2.52. The Morgan fingerprint density at radius 1 is 1.48 bits per heavy atom. The summed E-state index contributed by atoms with van der Waals surface area (Å²) in [6.07, 6.45) is 1.60. The Balaban J connectivity index is 1.78. The van der Waals surface area contributed by atoms with E-state index in [1.807, 2.05) is 11.0 Å². The lowest BCUT2D eigenvalue weighted by Gasteiger charge is -2.15. The van der Waals surface area contributed by atoms with Crippen LogP contribution >= 0.6 is 0 Å². The molecule has 1 aromatic carbocycles. The third-order valence-electron chi connectivity index (χ3n) is 3.56. The molecule has 2 rings (SSSR count). The second-order valence-electron chi connectivity index (χ2n) is 5.46. The van der Waals surface area contributed by atoms with Crippen LogP contribution in [0.3, 0.4) is 0 Å². The zero-order chi connectivity index (χ0) is 15.2. The van der Waals surface area contributed by atoms with Gasteiger partial charge in [-0.25, -0.2) is 0 Å². The van der Waals surface area contributed by atoms with E-state index in [0.29, 0.717) is 43.0 Å². The summed E-state index contributed by atoms with van der Waals surface area (Å²) < 4.78 is 0. The second kappa shape index (κ2) is 6.89. The van der Waals surface area contributed by atoms with Crippen LogP contribution in [0, 0.1) is 17.2 Å². The number of likely N-dealkylation sites (tertiary alicyclic amines) is 1. The minimum absolute atomic E-state index is 0.127. The Kier molecular flexibility index (Phi) is 4.94. The molecule has 0 aromatic heterocycles. The standard InChI is InChI=1S/C16H19N3O2/c1-12-9-16(21)19(11-12)8-4-7-15(20)18-14-6-3-2-5-13(14)10-17/h2-3,5-6,12H,4,7-9,11H2,1H3,(H,18,20). The minimum Gasteiger partial charge on any atom is -0.342 e. The number of nitriles is 1. The van der Waals surface area contributed by atoms with Gasteiger partial charge in [0.15, 0.2) is 0 Å². The number of hydrogen-bond acceptors (Lipinski definition) is 3. The first kappa shape index (κ1) is 15.0. The van der Waals surface area contributed by atoms with E-state index in [-0.39, 0.29) is 11.8 Å². The highest BCUT2D eigenvalue weighted by atomic mass is 16.2. The van der Waals surface area contributed by atoms with Crippen LogP contribution in [0.1, 0.15) is 31.7 Å². The number of benzene rings is 1. The summed E-state index contributed by atoms with van der Waals surface area (Å²) in [6, 6.07) is 8.96. The van der Waals surface area contributed by atoms with Crippen LogP contribution in [0.15, 0.2) is 24.3 Å². The lowest BCUT2D eigenvalue weighted by Crippen LogP contribution is -2.27. The van der Waals surface area contributed by atoms with Crippen molar-refractivity contribution in [2.75, 3.05) is 18.4 Å². The Morgan fingerprint density at radius 3 is 2.90 bits per heavy atom. The molecule has 1 N–H and O–H groups in total. The maximum absolute atomic E-state index is 11.9. The predicted molar refractivity (Wildman–Crippen MR) is 79.4 cm³/mol. The molecule has 1 fully saturated rings. The lowest BCUT2D eigenvalue weighted by molar-refractivity contribution is -0.128. The van der Waals surface area contributed by atoms with Crippen LogP contribution in [0.25, 0.3) is 0 Å². The first-order valence-corrected chi connectivity index (χ1v) is 7.17. The van der Waals surface area contributed by atoms with Gasteiger partial charge in [-0.2, -0.15) is 5.26 Å². The van der Waals surface area contributed by atoms with Gasteiger partial charge >= 0.3 is 0 Å². The summed E-state index contributed by atoms with van der Waals surface area (Å²) >= 11 is 0. The maximum Gasteiger partial charge on any atom is 0.224 e. The van der Waals surface area contributed by atoms with E-state index in [1.54, 1.807) is 24.3 Å². The van der Waals surface area contributed by atoms with Crippen molar-refractivity contribution in [2.45, 2.75) is 26.2 Å². The SMILES string of the molecule is CC1CC(=O)N(CCCC(=O)Nc2ccccc2C#N)C1. The topological polar surface area (TPSA) is 73.2 Å². The van der Waals surface area contributed by atoms with Crippen molar-refractivity contribution in [3.8, 4) is 6.07 Å². The molecule has 1 heterocycles. The number of carbonyl (C=O) groups excluding carboxylic acids is 2. The molecule has 1 aromatic rings. The highest BCUT2D eigenvalue weighted by Gasteiger charge is 2.25. The Labute approximate surface area is 124 Å². The summed E-state index contributed by atoms with van der Waals surface area (Å²) in [5.74, 6) is 0.462. The summed E-state index contributed by atoms with van der Waals surface area (Å²) in [6.45, 7) is 3.47. The monoisotopic (exact) mass is 285 g/mol. The molecule has 1 aliphatic heterocycles. The molecule has 1 unspecified atom stereocenters. The molecule has 110 valence electrons. The Hall–Kier alpha value is -2.35. The number of rotatable bonds is 5. The van der Waals surface area contributed by atoms with Crippen LogP contribution in [-0.2, 0) is 9.59 Å². The smallest absolute Gasteiger partial charge is 0.224 e. The fraction of sp³-hybridized carbons (Fsp3) is 0.438. The molecule has 2 amide bonds. The van der Waals surface area contributed by atoms with Gasteiger partial charge in [0.2, 0.25) is 11.8 Å². The molecule has 5 nitrogen and oxygen atoms in total. The quantitative estimate of drug-likeness (QED) is 0.900. The number of amides is 2. The zero-order valence-electron chi connectivity index (χ0n) is 12.1. The number of para-hydroxylation sites is 1. The van der Waals surface area contributed by atoms with Crippen molar-refractivity contribution in [2.24, 2.45) is 5.92 Å². The van der Waals surface area contributed by atoms with Gasteiger partial charge in [-0.3, -0.25) is 9.59 Å². The van der Waals surface area contributed by atoms with Gasteiger partial charge in [0.05, 0.1) is 11.3 Å². The van der Waals surface area contributed by atoms with Gasteiger partial charge in [-0.15, -0.1) is 0 Å². The molecule has 0 saturated carbocycles. The van der Waals surface area contributed by atoms with Gasteiger partial charge in [-0.05, 0) is 24.5 Å². The molecule has 0 aliphatic carbocycles. The van der Waals surface area contributed by atoms with E-state index in [1.165, 1.54) is 0 Å². The molecule has 0 radical (unpaired) electrons. The third-order valence-corrected chi connectivity index (χ3v) is 3.56. The number of nitrogens with one attached hydrogen (secondary N) is 1. The maximum atomic E-state index is 11.9. The van der Waals surface area contributed by atoms with Gasteiger partial charge in [-0.1, -0.05) is 19.1 Å². The molecule has 1 saturated heterocycles. The number of carbonyl (C=O) groups is 2. The van der Waals surface area contributed by atoms with Crippen molar-refractivity contribution in [1.82, 2.24) is 4.90 Å². The van der Waals surface area contributed by atoms with Gasteiger partial charge in [0.1, 0.15) is 6.07 Å². The van der Waals surface area contributed by atoms with E-state index in [2.05, 4.69) is 12.2 Å². The zero-order valence-corrected chi connectivity index (χ0v) is 12.1. The summed E-state index contributed by atoms with van der Waals surface area (Å²) in [5.41, 5.74) is 0.991. The number of hydrogen-bond donors (Lipinski definition) is 1. The van der Waals surface area contributed by atoms with Crippen molar-refractivity contribution >= 4 is 17.5 Å². The summed E-state index contributed by atoms with van der Waals surface area (Å²) in [5, 5.41) is 11.7. The Morgan fingerprint density at radius 2 is 2.24 bits per heavy atom. The molecule has 1 atom stereocenters. The first-order valence-electron chi connectivity index (χ1n) is 7.17. The van der Waals surface area contributed by atoms with Gasteiger partial charge in [0.25, 0.3) is 0 Å². The Bertz CT molecular complexity index is 577.